The second kappa shape index (κ2) is 7.74. The van der Waals surface area contributed by atoms with Gasteiger partial charge in [-0.15, -0.1) is 0 Å². The van der Waals surface area contributed by atoms with Crippen molar-refractivity contribution in [1.82, 2.24) is 15.5 Å². The fourth-order valence-corrected chi connectivity index (χ4v) is 3.42. The number of carbonyl (C=O) groups is 2. The topological polar surface area (TPSA) is 109 Å². The highest BCUT2D eigenvalue weighted by Gasteiger charge is 2.38. The Hall–Kier alpha value is -3.89. The molecule has 8 nitrogen and oxygen atoms in total. The number of para-hydroxylation sites is 1. The number of hydrogen-bond donors (Lipinski definition) is 2. The first kappa shape index (κ1) is 20.4. The molecule has 0 saturated carbocycles. The van der Waals surface area contributed by atoms with Crippen LogP contribution in [0.4, 0.5) is 23.7 Å². The summed E-state index contributed by atoms with van der Waals surface area (Å²) in [6.45, 7) is 0.0986. The summed E-state index contributed by atoms with van der Waals surface area (Å²) in [7, 11) is 0. The third-order valence-corrected chi connectivity index (χ3v) is 4.85. The van der Waals surface area contributed by atoms with Crippen LogP contribution in [0.3, 0.4) is 0 Å². The van der Waals surface area contributed by atoms with Crippen molar-refractivity contribution in [2.45, 2.75) is 18.6 Å². The Bertz CT molecular complexity index is 1130. The van der Waals surface area contributed by atoms with E-state index in [4.69, 9.17) is 0 Å². The molecule has 11 heteroatoms. The molecule has 31 heavy (non-hydrogen) atoms. The molecule has 1 atom stereocenters. The van der Waals surface area contributed by atoms with Gasteiger partial charge in [0, 0.05) is 17.7 Å². The minimum Gasteiger partial charge on any atom is -0.465 e. The second-order valence-corrected chi connectivity index (χ2v) is 6.85. The predicted molar refractivity (Wildman–Crippen MR) is 102 cm³/mol. The van der Waals surface area contributed by atoms with Gasteiger partial charge in [0.15, 0.2) is 0 Å². The fourth-order valence-electron chi connectivity index (χ4n) is 3.42. The number of aromatic nitrogens is 2. The van der Waals surface area contributed by atoms with E-state index in [1.54, 1.807) is 12.1 Å². The molecule has 1 aliphatic rings. The lowest BCUT2D eigenvalue weighted by atomic mass is 10.1. The van der Waals surface area contributed by atoms with Gasteiger partial charge in [0.2, 0.25) is 5.82 Å². The van der Waals surface area contributed by atoms with Crippen LogP contribution in [-0.2, 0) is 12.6 Å². The fraction of sp³-hybridized carbons (Fsp3) is 0.200. The van der Waals surface area contributed by atoms with Gasteiger partial charge in [-0.25, -0.2) is 4.79 Å². The van der Waals surface area contributed by atoms with Gasteiger partial charge in [-0.2, -0.15) is 18.2 Å². The van der Waals surface area contributed by atoms with Gasteiger partial charge < -0.3 is 14.9 Å². The predicted octanol–water partition coefficient (Wildman–Crippen LogP) is 3.59. The number of carboxylic acid groups (broad SMARTS) is 1. The van der Waals surface area contributed by atoms with Gasteiger partial charge in [-0.3, -0.25) is 9.69 Å². The number of benzene rings is 2. The lowest BCUT2D eigenvalue weighted by Crippen LogP contribution is -2.44. The van der Waals surface area contributed by atoms with Crippen molar-refractivity contribution in [3.8, 4) is 11.4 Å². The van der Waals surface area contributed by atoms with Gasteiger partial charge in [0.25, 0.3) is 5.91 Å². The average Bonchev–Trinajstić information content (AvgIpc) is 3.37. The van der Waals surface area contributed by atoms with E-state index in [0.29, 0.717) is 12.1 Å². The van der Waals surface area contributed by atoms with Gasteiger partial charge in [-0.1, -0.05) is 35.5 Å². The van der Waals surface area contributed by atoms with Crippen LogP contribution in [0.2, 0.25) is 0 Å². The number of fused-ring (bicyclic) bond motifs is 1. The highest BCUT2D eigenvalue weighted by atomic mass is 19.4. The molecule has 1 aliphatic heterocycles. The highest BCUT2D eigenvalue weighted by molar-refractivity contribution is 5.95. The van der Waals surface area contributed by atoms with E-state index in [1.807, 2.05) is 12.1 Å². The number of nitrogens with one attached hydrogen (secondary N) is 1. The Morgan fingerprint density at radius 2 is 1.87 bits per heavy atom. The quantitative estimate of drug-likeness (QED) is 0.652. The number of hydrogen-bond acceptors (Lipinski definition) is 5. The molecule has 2 N–H and O–H groups in total. The van der Waals surface area contributed by atoms with E-state index in [-0.39, 0.29) is 23.5 Å². The van der Waals surface area contributed by atoms with Crippen LogP contribution in [-0.4, -0.2) is 39.8 Å². The molecule has 1 aromatic heterocycles. The van der Waals surface area contributed by atoms with Gasteiger partial charge >= 0.3 is 18.2 Å². The minimum atomic E-state index is -4.74. The van der Waals surface area contributed by atoms with Crippen LogP contribution in [0, 0.1) is 0 Å². The number of rotatable bonds is 4. The Balaban J connectivity index is 1.42. The van der Waals surface area contributed by atoms with Crippen LogP contribution < -0.4 is 10.2 Å². The average molecular weight is 432 g/mol. The molecular formula is C20H15F3N4O4. The molecular weight excluding hydrogens is 417 g/mol. The molecule has 0 aliphatic carbocycles. The molecule has 0 spiro atoms. The summed E-state index contributed by atoms with van der Waals surface area (Å²) in [6.07, 6.45) is -5.37. The van der Waals surface area contributed by atoms with Gasteiger partial charge in [0.05, 0.1) is 11.7 Å². The van der Waals surface area contributed by atoms with Crippen molar-refractivity contribution in [2.24, 2.45) is 0 Å². The number of alkyl halides is 3. The SMILES string of the molecule is O=C(NCC1Cc2ccccc2N1C(=O)O)c1ccc(-c2noc(C(F)(F)F)n2)cc1. The lowest BCUT2D eigenvalue weighted by Gasteiger charge is -2.22. The Morgan fingerprint density at radius 3 is 2.52 bits per heavy atom. The summed E-state index contributed by atoms with van der Waals surface area (Å²) in [4.78, 5) is 28.6. The number of halogens is 3. The summed E-state index contributed by atoms with van der Waals surface area (Å²) in [5, 5.41) is 15.5. The first-order valence-electron chi connectivity index (χ1n) is 9.13. The van der Waals surface area contributed by atoms with E-state index in [1.165, 1.54) is 29.2 Å². The highest BCUT2D eigenvalue weighted by Crippen LogP contribution is 2.32. The molecule has 0 fully saturated rings. The number of nitrogens with zero attached hydrogens (tertiary/aromatic N) is 3. The van der Waals surface area contributed by atoms with Crippen LogP contribution in [0.25, 0.3) is 11.4 Å². The molecule has 2 amide bonds. The maximum atomic E-state index is 12.6. The normalized spacial score (nSPS) is 15.6. The Labute approximate surface area is 173 Å². The summed E-state index contributed by atoms with van der Waals surface area (Å²) in [5.74, 6) is -2.15. The maximum absolute atomic E-state index is 12.6. The van der Waals surface area contributed by atoms with Crippen molar-refractivity contribution in [3.63, 3.8) is 0 Å². The number of amides is 2. The standard InChI is InChI=1S/C20H15F3N4O4/c21-20(22,23)18-25-16(26-31-18)11-5-7-12(8-6-11)17(28)24-10-14-9-13-3-1-2-4-15(13)27(14)19(29)30/h1-8,14H,9-10H2,(H,24,28)(H,29,30). The Morgan fingerprint density at radius 1 is 1.16 bits per heavy atom. The van der Waals surface area contributed by atoms with E-state index < -0.39 is 30.1 Å². The smallest absolute Gasteiger partial charge is 0.465 e. The molecule has 2 aromatic carbocycles. The largest absolute Gasteiger partial charge is 0.471 e. The summed E-state index contributed by atoms with van der Waals surface area (Å²) < 4.78 is 41.9. The summed E-state index contributed by atoms with van der Waals surface area (Å²) in [5.41, 5.74) is 1.98. The molecule has 0 saturated heterocycles. The zero-order valence-electron chi connectivity index (χ0n) is 15.8. The Kier molecular flexibility index (Phi) is 5.09. The van der Waals surface area contributed by atoms with Crippen LogP contribution in [0.5, 0.6) is 0 Å². The van der Waals surface area contributed by atoms with Gasteiger partial charge in [-0.05, 0) is 30.2 Å². The third-order valence-electron chi connectivity index (χ3n) is 4.85. The van der Waals surface area contributed by atoms with Crippen LogP contribution >= 0.6 is 0 Å². The van der Waals surface area contributed by atoms with Crippen molar-refractivity contribution >= 4 is 17.7 Å². The molecule has 4 rings (SSSR count). The molecule has 1 unspecified atom stereocenters. The van der Waals surface area contributed by atoms with Crippen molar-refractivity contribution in [1.29, 1.82) is 0 Å². The van der Waals surface area contributed by atoms with Crippen LogP contribution in [0.1, 0.15) is 21.8 Å². The van der Waals surface area contributed by atoms with Crippen molar-refractivity contribution < 1.29 is 32.4 Å². The monoisotopic (exact) mass is 432 g/mol. The molecule has 3 aromatic rings. The summed E-state index contributed by atoms with van der Waals surface area (Å²) in [6, 6.07) is 12.3. The van der Waals surface area contributed by atoms with E-state index >= 15 is 0 Å². The molecule has 160 valence electrons. The third kappa shape index (κ3) is 4.06. The second-order valence-electron chi connectivity index (χ2n) is 6.85. The molecule has 0 radical (unpaired) electrons. The number of carbonyl (C=O) groups excluding carboxylic acids is 1. The first-order chi connectivity index (χ1) is 14.7. The van der Waals surface area contributed by atoms with Crippen molar-refractivity contribution in [3.05, 3.63) is 65.5 Å². The molecule has 2 heterocycles. The first-order valence-corrected chi connectivity index (χ1v) is 9.13. The zero-order chi connectivity index (χ0) is 22.2. The van der Waals surface area contributed by atoms with E-state index in [0.717, 1.165) is 5.56 Å². The van der Waals surface area contributed by atoms with E-state index in [9.17, 15) is 27.9 Å². The van der Waals surface area contributed by atoms with E-state index in [2.05, 4.69) is 20.0 Å². The maximum Gasteiger partial charge on any atom is 0.471 e. The lowest BCUT2D eigenvalue weighted by molar-refractivity contribution is -0.159. The zero-order valence-corrected chi connectivity index (χ0v) is 15.8. The van der Waals surface area contributed by atoms with Crippen molar-refractivity contribution in [2.75, 3.05) is 11.4 Å². The van der Waals surface area contributed by atoms with Crippen LogP contribution in [0.15, 0.2) is 53.1 Å². The van der Waals surface area contributed by atoms with Gasteiger partial charge in [0.1, 0.15) is 0 Å². The summed E-state index contributed by atoms with van der Waals surface area (Å²) >= 11 is 0. The number of anilines is 1. The molecule has 0 bridgehead atoms. The minimum absolute atomic E-state index is 0.0986.